The number of rotatable bonds is 12. The van der Waals surface area contributed by atoms with Crippen LogP contribution in [-0.2, 0) is 16.8 Å². The van der Waals surface area contributed by atoms with Crippen LogP contribution in [0, 0.1) is 16.7 Å². The fourth-order valence-electron chi connectivity index (χ4n) is 6.70. The van der Waals surface area contributed by atoms with Gasteiger partial charge in [0.05, 0.1) is 7.11 Å². The second-order valence-electron chi connectivity index (χ2n) is 18.7. The number of nitrogens with one attached hydrogen (secondary N) is 2. The summed E-state index contributed by atoms with van der Waals surface area (Å²) in [5.74, 6) is 1.68. The Hall–Kier alpha value is -2.94. The van der Waals surface area contributed by atoms with E-state index >= 15 is 0 Å². The van der Waals surface area contributed by atoms with Gasteiger partial charge in [0, 0.05) is 25.2 Å². The molecule has 4 rings (SSSR count). The topological polar surface area (TPSA) is 77.2 Å². The molecule has 2 N–H and O–H groups in total. The monoisotopic (exact) mass is 738 g/mol. The van der Waals surface area contributed by atoms with Gasteiger partial charge in [-0.15, -0.1) is 0 Å². The van der Waals surface area contributed by atoms with Crippen molar-refractivity contribution in [2.75, 3.05) is 60.5 Å². The highest BCUT2D eigenvalue weighted by Gasteiger charge is 2.48. The Balaban J connectivity index is 0.000000420. The maximum absolute atomic E-state index is 12.6. The Labute approximate surface area is 325 Å². The molecule has 2 saturated heterocycles. The smallest absolute Gasteiger partial charge is 0.325 e. The summed E-state index contributed by atoms with van der Waals surface area (Å²) in [6, 6.07) is 17.5. The number of amides is 3. The number of urea groups is 1. The number of nitrogens with zero attached hydrogens (tertiary/aromatic N) is 3. The molecule has 2 aliphatic rings. The van der Waals surface area contributed by atoms with E-state index in [9.17, 15) is 9.59 Å². The molecule has 2 heterocycles. The van der Waals surface area contributed by atoms with E-state index < -0.39 is 5.54 Å². The van der Waals surface area contributed by atoms with Crippen LogP contribution >= 0.6 is 0 Å². The fourth-order valence-corrected chi connectivity index (χ4v) is 6.70. The average molecular weight is 738 g/mol. The molecular weight excluding hydrogens is 659 g/mol. The number of methoxy groups -OCH3 is 1. The lowest BCUT2D eigenvalue weighted by Gasteiger charge is -2.35. The summed E-state index contributed by atoms with van der Waals surface area (Å²) < 4.78 is 5.20. The van der Waals surface area contributed by atoms with E-state index in [0.29, 0.717) is 23.9 Å². The van der Waals surface area contributed by atoms with Crippen LogP contribution in [0.3, 0.4) is 0 Å². The molecule has 0 aromatic heterocycles. The van der Waals surface area contributed by atoms with Crippen molar-refractivity contribution in [3.8, 4) is 5.75 Å². The van der Waals surface area contributed by atoms with Gasteiger partial charge < -0.3 is 25.2 Å². The van der Waals surface area contributed by atoms with E-state index in [1.54, 1.807) is 14.0 Å². The fraction of sp³-hybridized carbons (Fsp3) is 0.689. The van der Waals surface area contributed by atoms with Gasteiger partial charge in [0.2, 0.25) is 0 Å². The third-order valence-corrected chi connectivity index (χ3v) is 9.63. The highest BCUT2D eigenvalue weighted by Crippen LogP contribution is 2.31. The van der Waals surface area contributed by atoms with E-state index in [1.807, 2.05) is 51.1 Å². The minimum Gasteiger partial charge on any atom is -0.497 e. The van der Waals surface area contributed by atoms with Crippen LogP contribution in [0.4, 0.5) is 4.79 Å². The van der Waals surface area contributed by atoms with Crippen LogP contribution in [0.1, 0.15) is 120 Å². The minimum absolute atomic E-state index is 0. The van der Waals surface area contributed by atoms with Gasteiger partial charge in [0.15, 0.2) is 0 Å². The maximum Gasteiger partial charge on any atom is 0.325 e. The molecule has 8 heteroatoms. The van der Waals surface area contributed by atoms with E-state index in [2.05, 4.69) is 100 Å². The molecule has 1 unspecified atom stereocenters. The van der Waals surface area contributed by atoms with Crippen LogP contribution in [0.15, 0.2) is 54.6 Å². The highest BCUT2D eigenvalue weighted by atomic mass is 16.5. The molecule has 53 heavy (non-hydrogen) atoms. The predicted octanol–water partition coefficient (Wildman–Crippen LogP) is 9.24. The molecule has 2 aliphatic heterocycles. The van der Waals surface area contributed by atoms with Gasteiger partial charge in [-0.1, -0.05) is 91.4 Å². The lowest BCUT2D eigenvalue weighted by atomic mass is 9.80. The van der Waals surface area contributed by atoms with E-state index in [1.165, 1.54) is 68.7 Å². The zero-order chi connectivity index (χ0) is 39.2. The number of likely N-dealkylation sites (tertiary alicyclic amines) is 1. The zero-order valence-electron chi connectivity index (χ0n) is 35.3. The SMILES string of the molecule is C.CC(C)(C)NCCN1C(=O)NC(C)(c2ccccc2)C1=O.CN(C)CCCC(C)(C)C.COc1ccc(CCN2CCC(CC(C)(C)C)CC2)cc1. The summed E-state index contributed by atoms with van der Waals surface area (Å²) in [5.41, 5.74) is 2.19. The van der Waals surface area contributed by atoms with E-state index in [4.69, 9.17) is 4.74 Å². The van der Waals surface area contributed by atoms with Crippen LogP contribution in [0.25, 0.3) is 0 Å². The molecular formula is C45H79N5O3. The number of benzene rings is 2. The molecule has 0 aliphatic carbocycles. The second-order valence-corrected chi connectivity index (χ2v) is 18.7. The van der Waals surface area contributed by atoms with Gasteiger partial charge >= 0.3 is 6.03 Å². The largest absolute Gasteiger partial charge is 0.497 e. The summed E-state index contributed by atoms with van der Waals surface area (Å²) in [6.07, 6.45) is 7.91. The average Bonchev–Trinajstić information content (AvgIpc) is 3.27. The second kappa shape index (κ2) is 21.8. The van der Waals surface area contributed by atoms with Crippen molar-refractivity contribution in [2.24, 2.45) is 16.7 Å². The van der Waals surface area contributed by atoms with Crippen LogP contribution in [0.2, 0.25) is 0 Å². The molecule has 1 atom stereocenters. The Kier molecular flexibility index (Phi) is 19.8. The first-order valence-electron chi connectivity index (χ1n) is 19.6. The zero-order valence-corrected chi connectivity index (χ0v) is 35.3. The number of piperidine rings is 1. The third-order valence-electron chi connectivity index (χ3n) is 9.63. The molecule has 302 valence electrons. The molecule has 0 saturated carbocycles. The van der Waals surface area contributed by atoms with Crippen molar-refractivity contribution in [3.63, 3.8) is 0 Å². The number of carbonyl (C=O) groups is 2. The van der Waals surface area contributed by atoms with E-state index in [-0.39, 0.29) is 24.9 Å². The Morgan fingerprint density at radius 3 is 1.94 bits per heavy atom. The highest BCUT2D eigenvalue weighted by molar-refractivity contribution is 6.07. The van der Waals surface area contributed by atoms with Gasteiger partial charge in [-0.3, -0.25) is 9.69 Å². The Morgan fingerprint density at radius 2 is 1.45 bits per heavy atom. The number of imide groups is 1. The quantitative estimate of drug-likeness (QED) is 0.212. The number of carbonyl (C=O) groups excluding carboxylic acids is 2. The van der Waals surface area contributed by atoms with Crippen molar-refractivity contribution in [1.29, 1.82) is 0 Å². The van der Waals surface area contributed by atoms with Gasteiger partial charge in [0.1, 0.15) is 11.3 Å². The standard InChI is InChI=1S/C19H31NO.C16H23N3O2.C9H21N.CH4/c1-19(2,3)15-17-10-13-20(14-11-17)12-9-16-5-7-18(21-4)8-6-16;1-15(2,3)17-10-11-19-13(20)16(4,18-14(19)21)12-8-6-5-7-9-12;1-9(2,3)7-6-8-10(4)5;/h5-8,17H,9-15H2,1-4H3;5-9,17H,10-11H2,1-4H3,(H,18,21);6-8H2,1-5H3;1H4. The predicted molar refractivity (Wildman–Crippen MR) is 226 cm³/mol. The molecule has 0 radical (unpaired) electrons. The van der Waals surface area contributed by atoms with Crippen molar-refractivity contribution in [2.45, 2.75) is 126 Å². The van der Waals surface area contributed by atoms with Crippen molar-refractivity contribution >= 4 is 11.9 Å². The molecule has 3 amide bonds. The van der Waals surface area contributed by atoms with Crippen molar-refractivity contribution in [3.05, 3.63) is 65.7 Å². The first-order chi connectivity index (χ1) is 24.1. The minimum atomic E-state index is -0.972. The van der Waals surface area contributed by atoms with Gasteiger partial charge in [-0.25, -0.2) is 4.79 Å². The third kappa shape index (κ3) is 18.8. The van der Waals surface area contributed by atoms with Crippen molar-refractivity contribution < 1.29 is 14.3 Å². The summed E-state index contributed by atoms with van der Waals surface area (Å²) in [4.78, 5) is 30.9. The molecule has 2 fully saturated rings. The van der Waals surface area contributed by atoms with Gasteiger partial charge in [0.25, 0.3) is 5.91 Å². The first-order valence-corrected chi connectivity index (χ1v) is 19.6. The van der Waals surface area contributed by atoms with Gasteiger partial charge in [-0.2, -0.15) is 0 Å². The Morgan fingerprint density at radius 1 is 0.868 bits per heavy atom. The van der Waals surface area contributed by atoms with Crippen LogP contribution in [0.5, 0.6) is 5.75 Å². The molecule has 2 aromatic rings. The normalized spacial score (nSPS) is 18.4. The number of hydrogen-bond acceptors (Lipinski definition) is 6. The summed E-state index contributed by atoms with van der Waals surface area (Å²) >= 11 is 0. The lowest BCUT2D eigenvalue weighted by molar-refractivity contribution is -0.131. The summed E-state index contributed by atoms with van der Waals surface area (Å²) in [6.45, 7) is 27.8. The molecule has 8 nitrogen and oxygen atoms in total. The maximum atomic E-state index is 12.6. The van der Waals surface area contributed by atoms with Gasteiger partial charge in [-0.05, 0) is 140 Å². The number of hydrogen-bond donors (Lipinski definition) is 2. The van der Waals surface area contributed by atoms with Crippen LogP contribution < -0.4 is 15.4 Å². The van der Waals surface area contributed by atoms with Crippen LogP contribution in [-0.4, -0.2) is 92.7 Å². The molecule has 0 spiro atoms. The van der Waals surface area contributed by atoms with E-state index in [0.717, 1.165) is 23.7 Å². The van der Waals surface area contributed by atoms with Crippen molar-refractivity contribution in [1.82, 2.24) is 25.3 Å². The lowest BCUT2D eigenvalue weighted by Crippen LogP contribution is -2.44. The molecule has 0 bridgehead atoms. The Bertz CT molecular complexity index is 1320. The summed E-state index contributed by atoms with van der Waals surface area (Å²) in [5, 5.41) is 6.09. The number of ether oxygens (including phenoxy) is 1. The molecule has 2 aromatic carbocycles. The first kappa shape index (κ1) is 48.1. The summed E-state index contributed by atoms with van der Waals surface area (Å²) in [7, 11) is 5.97.